The minimum atomic E-state index is -0.321. The Balaban J connectivity index is 1.90. The molecule has 0 aliphatic carbocycles. The molecule has 0 saturated heterocycles. The Hall–Kier alpha value is -3.94. The van der Waals surface area contributed by atoms with Crippen molar-refractivity contribution in [2.24, 2.45) is 21.2 Å². The van der Waals surface area contributed by atoms with Crippen molar-refractivity contribution < 1.29 is 9.47 Å². The molecule has 154 valence electrons. The molecule has 0 fully saturated rings. The van der Waals surface area contributed by atoms with Crippen LogP contribution in [0.15, 0.2) is 80.9 Å². The van der Waals surface area contributed by atoms with E-state index in [1.807, 2.05) is 62.4 Å². The van der Waals surface area contributed by atoms with Crippen molar-refractivity contribution in [1.82, 2.24) is 4.57 Å². The zero-order valence-corrected chi connectivity index (χ0v) is 17.1. The molecular weight excluding hydrogens is 382 g/mol. The summed E-state index contributed by atoms with van der Waals surface area (Å²) in [6, 6.07) is 18.5. The normalized spacial score (nSPS) is 11.6. The number of rotatable bonds is 6. The zero-order chi connectivity index (χ0) is 21.5. The third-order valence-electron chi connectivity index (χ3n) is 4.59. The Morgan fingerprint density at radius 2 is 1.63 bits per heavy atom. The van der Waals surface area contributed by atoms with E-state index in [4.69, 9.17) is 15.2 Å². The fourth-order valence-corrected chi connectivity index (χ4v) is 2.91. The summed E-state index contributed by atoms with van der Waals surface area (Å²) in [7, 11) is 1.41. The minimum absolute atomic E-state index is 0.0483. The molecule has 2 N–H and O–H groups in total. The SMILES string of the molecule is COc1c(OC(N)=NN=Nc2ccccc2)c(C)c(C)n(Cc2ccccc2)c1=O. The summed E-state index contributed by atoms with van der Waals surface area (Å²) in [5, 5.41) is 11.4. The van der Waals surface area contributed by atoms with Gasteiger partial charge in [-0.05, 0) is 36.8 Å². The van der Waals surface area contributed by atoms with E-state index in [0.29, 0.717) is 17.8 Å². The Morgan fingerprint density at radius 3 is 2.27 bits per heavy atom. The summed E-state index contributed by atoms with van der Waals surface area (Å²) >= 11 is 0. The predicted molar refractivity (Wildman–Crippen MR) is 115 cm³/mol. The molecule has 0 amide bonds. The highest BCUT2D eigenvalue weighted by atomic mass is 16.5. The maximum atomic E-state index is 13.0. The van der Waals surface area contributed by atoms with Crippen LogP contribution in [-0.2, 0) is 6.54 Å². The summed E-state index contributed by atoms with van der Waals surface area (Å²) < 4.78 is 12.6. The Kier molecular flexibility index (Phi) is 6.59. The second kappa shape index (κ2) is 9.51. The van der Waals surface area contributed by atoms with Crippen LogP contribution in [0.1, 0.15) is 16.8 Å². The quantitative estimate of drug-likeness (QED) is 0.290. The summed E-state index contributed by atoms with van der Waals surface area (Å²) in [5.41, 5.74) is 8.58. The van der Waals surface area contributed by atoms with Crippen molar-refractivity contribution in [3.8, 4) is 11.5 Å². The number of methoxy groups -OCH3 is 1. The first-order chi connectivity index (χ1) is 14.5. The third-order valence-corrected chi connectivity index (χ3v) is 4.59. The largest absolute Gasteiger partial charge is 0.488 e. The van der Waals surface area contributed by atoms with E-state index in [1.165, 1.54) is 7.11 Å². The molecule has 0 atom stereocenters. The van der Waals surface area contributed by atoms with E-state index in [1.54, 1.807) is 16.7 Å². The number of nitrogens with two attached hydrogens (primary N) is 1. The van der Waals surface area contributed by atoms with E-state index in [0.717, 1.165) is 11.3 Å². The van der Waals surface area contributed by atoms with Gasteiger partial charge in [-0.25, -0.2) is 0 Å². The molecule has 2 aromatic carbocycles. The molecule has 0 aliphatic rings. The van der Waals surface area contributed by atoms with Gasteiger partial charge >= 0.3 is 6.02 Å². The van der Waals surface area contributed by atoms with E-state index in [2.05, 4.69) is 15.4 Å². The molecule has 0 bridgehead atoms. The van der Waals surface area contributed by atoms with Crippen molar-refractivity contribution in [1.29, 1.82) is 0 Å². The van der Waals surface area contributed by atoms with Gasteiger partial charge in [0, 0.05) is 11.3 Å². The van der Waals surface area contributed by atoms with Crippen molar-refractivity contribution >= 4 is 11.7 Å². The molecule has 0 radical (unpaired) electrons. The van der Waals surface area contributed by atoms with Gasteiger partial charge in [-0.2, -0.15) is 0 Å². The highest BCUT2D eigenvalue weighted by Gasteiger charge is 2.20. The summed E-state index contributed by atoms with van der Waals surface area (Å²) in [4.78, 5) is 13.0. The fourth-order valence-electron chi connectivity index (χ4n) is 2.91. The number of ether oxygens (including phenoxy) is 2. The van der Waals surface area contributed by atoms with Crippen molar-refractivity contribution in [3.05, 3.63) is 87.8 Å². The number of benzene rings is 2. The van der Waals surface area contributed by atoms with Crippen LogP contribution in [0, 0.1) is 13.8 Å². The number of hydrogen-bond donors (Lipinski definition) is 1. The van der Waals surface area contributed by atoms with Gasteiger partial charge in [0.25, 0.3) is 5.56 Å². The standard InChI is InChI=1S/C22H23N5O3/c1-15-16(2)27(14-17-10-6-4-7-11-17)21(28)20(29-3)19(15)30-22(23)25-26-24-18-12-8-5-9-13-18/h4-13H,14H2,1-3H3,(H2,23,24,25). The molecular formula is C22H23N5O3. The van der Waals surface area contributed by atoms with Crippen LogP contribution in [-0.4, -0.2) is 17.7 Å². The molecule has 1 aromatic heterocycles. The lowest BCUT2D eigenvalue weighted by Crippen LogP contribution is -2.28. The summed E-state index contributed by atoms with van der Waals surface area (Å²) in [6.45, 7) is 4.08. The van der Waals surface area contributed by atoms with Crippen molar-refractivity contribution in [2.75, 3.05) is 7.11 Å². The Labute approximate surface area is 174 Å². The van der Waals surface area contributed by atoms with Gasteiger partial charge in [0.2, 0.25) is 5.75 Å². The van der Waals surface area contributed by atoms with Crippen LogP contribution in [0.25, 0.3) is 0 Å². The average molecular weight is 405 g/mol. The van der Waals surface area contributed by atoms with Crippen molar-refractivity contribution in [2.45, 2.75) is 20.4 Å². The smallest absolute Gasteiger partial charge is 0.313 e. The number of pyridine rings is 1. The van der Waals surface area contributed by atoms with Crippen LogP contribution < -0.4 is 20.8 Å². The van der Waals surface area contributed by atoms with E-state index in [-0.39, 0.29) is 23.1 Å². The lowest BCUT2D eigenvalue weighted by Gasteiger charge is -2.18. The van der Waals surface area contributed by atoms with Crippen LogP contribution in [0.3, 0.4) is 0 Å². The van der Waals surface area contributed by atoms with Crippen molar-refractivity contribution in [3.63, 3.8) is 0 Å². The van der Waals surface area contributed by atoms with E-state index >= 15 is 0 Å². The molecule has 3 aromatic rings. The predicted octanol–water partition coefficient (Wildman–Crippen LogP) is 3.91. The van der Waals surface area contributed by atoms with Crippen LogP contribution in [0.2, 0.25) is 0 Å². The highest BCUT2D eigenvalue weighted by Crippen LogP contribution is 2.30. The fraction of sp³-hybridized carbons (Fsp3) is 0.182. The van der Waals surface area contributed by atoms with Crippen LogP contribution in [0.4, 0.5) is 5.69 Å². The van der Waals surface area contributed by atoms with E-state index in [9.17, 15) is 4.79 Å². The average Bonchev–Trinajstić information content (AvgIpc) is 2.77. The zero-order valence-electron chi connectivity index (χ0n) is 17.1. The molecule has 3 rings (SSSR count). The van der Waals surface area contributed by atoms with Gasteiger partial charge in [-0.3, -0.25) is 4.79 Å². The molecule has 0 unspecified atom stereocenters. The van der Waals surface area contributed by atoms with Gasteiger partial charge in [-0.1, -0.05) is 53.6 Å². The van der Waals surface area contributed by atoms with Gasteiger partial charge in [0.05, 0.1) is 19.3 Å². The maximum Gasteiger partial charge on any atom is 0.313 e. The monoisotopic (exact) mass is 405 g/mol. The summed E-state index contributed by atoms with van der Waals surface area (Å²) in [5.74, 6) is 0.257. The van der Waals surface area contributed by atoms with Gasteiger partial charge < -0.3 is 19.8 Å². The second-order valence-electron chi connectivity index (χ2n) is 6.51. The number of aromatic nitrogens is 1. The van der Waals surface area contributed by atoms with E-state index < -0.39 is 0 Å². The number of amidine groups is 1. The topological polar surface area (TPSA) is 104 Å². The first-order valence-electron chi connectivity index (χ1n) is 9.30. The second-order valence-corrected chi connectivity index (χ2v) is 6.51. The number of hydrogen-bond acceptors (Lipinski definition) is 5. The molecule has 8 nitrogen and oxygen atoms in total. The minimum Gasteiger partial charge on any atom is -0.488 e. The first kappa shape index (κ1) is 20.8. The maximum absolute atomic E-state index is 13.0. The molecule has 1 heterocycles. The Morgan fingerprint density at radius 1 is 1.00 bits per heavy atom. The van der Waals surface area contributed by atoms with Crippen LogP contribution in [0.5, 0.6) is 11.5 Å². The summed E-state index contributed by atoms with van der Waals surface area (Å²) in [6.07, 6.45) is 0. The van der Waals surface area contributed by atoms with Gasteiger partial charge in [0.15, 0.2) is 5.75 Å². The highest BCUT2D eigenvalue weighted by molar-refractivity contribution is 5.75. The lowest BCUT2D eigenvalue weighted by atomic mass is 10.1. The van der Waals surface area contributed by atoms with Crippen LogP contribution >= 0.6 is 0 Å². The van der Waals surface area contributed by atoms with Gasteiger partial charge in [0.1, 0.15) is 0 Å². The Bertz CT molecular complexity index is 1120. The molecule has 30 heavy (non-hydrogen) atoms. The number of nitrogens with zero attached hydrogens (tertiary/aromatic N) is 4. The van der Waals surface area contributed by atoms with Gasteiger partial charge in [-0.15, -0.1) is 5.11 Å². The third kappa shape index (κ3) is 4.72. The molecule has 8 heteroatoms. The molecule has 0 saturated carbocycles. The molecule has 0 spiro atoms. The lowest BCUT2D eigenvalue weighted by molar-refractivity contribution is 0.376. The molecule has 0 aliphatic heterocycles. The first-order valence-corrected chi connectivity index (χ1v) is 9.30.